The number of carbonyl (C=O) groups excluding carboxylic acids is 6. The minimum Gasteiger partial charge on any atom is -0.466 e. The zero-order valence-corrected chi connectivity index (χ0v) is 30.4. The van der Waals surface area contributed by atoms with Crippen molar-refractivity contribution in [1.82, 2.24) is 0 Å². The fourth-order valence-electron chi connectivity index (χ4n) is 4.00. The van der Waals surface area contributed by atoms with Gasteiger partial charge in [0.2, 0.25) is 0 Å². The van der Waals surface area contributed by atoms with Crippen molar-refractivity contribution in [1.29, 1.82) is 0 Å². The lowest BCUT2D eigenvalue weighted by Gasteiger charge is -2.22. The van der Waals surface area contributed by atoms with Crippen LogP contribution >= 0.6 is 0 Å². The van der Waals surface area contributed by atoms with Crippen LogP contribution in [-0.4, -0.2) is 83.7 Å². The summed E-state index contributed by atoms with van der Waals surface area (Å²) in [4.78, 5) is 66.2. The summed E-state index contributed by atoms with van der Waals surface area (Å²) in [7, 11) is 0. The first-order valence-electron chi connectivity index (χ1n) is 17.3. The maximum atomic E-state index is 11.6. The maximum absolute atomic E-state index is 11.6. The first-order chi connectivity index (χ1) is 24.8. The summed E-state index contributed by atoms with van der Waals surface area (Å²) in [5.74, 6) is -2.78. The van der Waals surface area contributed by atoms with Gasteiger partial charge in [0.1, 0.15) is 12.7 Å². The van der Waals surface area contributed by atoms with Gasteiger partial charge in [-0.2, -0.15) is 0 Å². The van der Waals surface area contributed by atoms with Crippen LogP contribution in [0.25, 0.3) is 0 Å². The van der Waals surface area contributed by atoms with Crippen molar-refractivity contribution in [2.75, 3.05) is 13.2 Å². The van der Waals surface area contributed by atoms with Gasteiger partial charge in [0.25, 0.3) is 0 Å². The molecule has 2 aromatic carbocycles. The summed E-state index contributed by atoms with van der Waals surface area (Å²) in [5.41, 5.74) is 1.91. The van der Waals surface area contributed by atoms with Gasteiger partial charge in [0.15, 0.2) is 18.3 Å². The van der Waals surface area contributed by atoms with Crippen LogP contribution in [0.15, 0.2) is 60.7 Å². The Balaban J connectivity index is 0.000000416. The normalized spacial score (nSPS) is 17.5. The van der Waals surface area contributed by atoms with Gasteiger partial charge in [-0.1, -0.05) is 60.7 Å². The van der Waals surface area contributed by atoms with E-state index < -0.39 is 48.3 Å². The Morgan fingerprint density at radius 1 is 0.769 bits per heavy atom. The zero-order valence-electron chi connectivity index (χ0n) is 30.4. The van der Waals surface area contributed by atoms with Crippen molar-refractivity contribution < 1.29 is 67.4 Å². The molecule has 288 valence electrons. The Bertz CT molecular complexity index is 1320. The highest BCUT2D eigenvalue weighted by molar-refractivity contribution is 5.86. The van der Waals surface area contributed by atoms with E-state index in [1.165, 1.54) is 27.7 Å². The van der Waals surface area contributed by atoms with Crippen LogP contribution in [0.2, 0.25) is 0 Å². The van der Waals surface area contributed by atoms with Crippen LogP contribution in [0, 0.1) is 0 Å². The maximum Gasteiger partial charge on any atom is 0.347 e. The highest BCUT2D eigenvalue weighted by Crippen LogP contribution is 2.09. The average molecular weight is 733 g/mol. The molecule has 2 fully saturated rings. The van der Waals surface area contributed by atoms with Crippen LogP contribution in [0.3, 0.4) is 0 Å². The van der Waals surface area contributed by atoms with E-state index in [-0.39, 0.29) is 31.8 Å². The van der Waals surface area contributed by atoms with Crippen molar-refractivity contribution >= 4 is 35.8 Å². The SMILES string of the molecule is CC(O)C(=O)OC(C)C(=O)OCCCCCC(=O)OCc1ccccc1.CC1OC(=O)C(C)OC1=O.O=C1CCCCCO1.OCc1ccccc1. The van der Waals surface area contributed by atoms with Gasteiger partial charge in [0, 0.05) is 12.8 Å². The molecule has 2 saturated heterocycles. The number of hydrogen-bond acceptors (Lipinski definition) is 14. The molecule has 14 nitrogen and oxygen atoms in total. The Morgan fingerprint density at radius 3 is 1.88 bits per heavy atom. The van der Waals surface area contributed by atoms with Crippen LogP contribution in [-0.2, 0) is 70.4 Å². The van der Waals surface area contributed by atoms with Crippen LogP contribution in [0.1, 0.15) is 90.2 Å². The van der Waals surface area contributed by atoms with Gasteiger partial charge in [-0.3, -0.25) is 9.59 Å². The molecule has 0 aliphatic carbocycles. The van der Waals surface area contributed by atoms with E-state index in [0.29, 0.717) is 38.7 Å². The number of esters is 6. The molecule has 0 aromatic heterocycles. The second-order valence-corrected chi connectivity index (χ2v) is 11.7. The van der Waals surface area contributed by atoms with E-state index in [9.17, 15) is 28.8 Å². The van der Waals surface area contributed by atoms with Crippen LogP contribution in [0.5, 0.6) is 0 Å². The van der Waals surface area contributed by atoms with Crippen molar-refractivity contribution in [3.8, 4) is 0 Å². The number of carbonyl (C=O) groups is 6. The van der Waals surface area contributed by atoms with Gasteiger partial charge in [0.05, 0.1) is 19.8 Å². The molecule has 4 rings (SSSR count). The summed E-state index contributed by atoms with van der Waals surface area (Å²) in [6.45, 7) is 6.81. The molecule has 4 atom stereocenters. The molecule has 0 radical (unpaired) electrons. The molecule has 4 unspecified atom stereocenters. The highest BCUT2D eigenvalue weighted by atomic mass is 16.6. The lowest BCUT2D eigenvalue weighted by Crippen LogP contribution is -2.40. The van der Waals surface area contributed by atoms with E-state index in [2.05, 4.69) is 9.47 Å². The van der Waals surface area contributed by atoms with Gasteiger partial charge in [-0.25, -0.2) is 19.2 Å². The minimum absolute atomic E-state index is 0.0255. The number of hydrogen-bond donors (Lipinski definition) is 2. The van der Waals surface area contributed by atoms with Gasteiger partial charge in [-0.05, 0) is 77.3 Å². The predicted molar refractivity (Wildman–Crippen MR) is 186 cm³/mol. The standard InChI is InChI=1S/C19H26O7.C7H8O.C6H8O4.C6H10O2/c1-14(20)18(22)26-15(2)19(23)24-12-8-4-7-11-17(21)25-13-16-9-5-3-6-10-16;8-6-7-4-2-1-3-5-7;1-3-5(7)10-4(2)6(8)9-3;7-6-4-2-1-3-5-8-6/h3,5-6,9-10,14-15,20H,4,7-8,11-13H2,1-2H3;1-5,8H,6H2;3-4H,1-2H3;1-5H2. The number of aliphatic hydroxyl groups is 2. The fourth-order valence-corrected chi connectivity index (χ4v) is 4.00. The number of aliphatic hydroxyl groups excluding tert-OH is 2. The third-order valence-corrected chi connectivity index (χ3v) is 7.04. The number of benzene rings is 2. The van der Waals surface area contributed by atoms with Crippen LogP contribution in [0.4, 0.5) is 0 Å². The Labute approximate surface area is 304 Å². The molecule has 0 amide bonds. The molecule has 2 aromatic rings. The quantitative estimate of drug-likeness (QED) is 0.178. The Morgan fingerprint density at radius 2 is 1.35 bits per heavy atom. The molecule has 2 heterocycles. The second kappa shape index (κ2) is 26.9. The topological polar surface area (TPSA) is 198 Å². The monoisotopic (exact) mass is 732 g/mol. The van der Waals surface area contributed by atoms with Gasteiger partial charge in [-0.15, -0.1) is 0 Å². The predicted octanol–water partition coefficient (Wildman–Crippen LogP) is 4.29. The molecule has 2 aliphatic rings. The highest BCUT2D eigenvalue weighted by Gasteiger charge is 2.32. The third-order valence-electron chi connectivity index (χ3n) is 7.04. The molecule has 0 bridgehead atoms. The van der Waals surface area contributed by atoms with Crippen molar-refractivity contribution in [3.05, 3.63) is 71.8 Å². The van der Waals surface area contributed by atoms with Crippen molar-refractivity contribution in [2.45, 2.75) is 117 Å². The molecule has 52 heavy (non-hydrogen) atoms. The van der Waals surface area contributed by atoms with Gasteiger partial charge >= 0.3 is 35.8 Å². The van der Waals surface area contributed by atoms with Gasteiger partial charge < -0.3 is 38.6 Å². The third kappa shape index (κ3) is 21.4. The molecule has 2 aliphatic heterocycles. The molecule has 2 N–H and O–H groups in total. The van der Waals surface area contributed by atoms with E-state index >= 15 is 0 Å². The number of cyclic esters (lactones) is 3. The van der Waals surface area contributed by atoms with E-state index in [0.717, 1.165) is 30.4 Å². The van der Waals surface area contributed by atoms with E-state index in [4.69, 9.17) is 29.2 Å². The molecule has 0 saturated carbocycles. The first kappa shape index (κ1) is 45.2. The van der Waals surface area contributed by atoms with Crippen molar-refractivity contribution in [3.63, 3.8) is 0 Å². The summed E-state index contributed by atoms with van der Waals surface area (Å²) in [5, 5.41) is 17.5. The number of unbranched alkanes of at least 4 members (excludes halogenated alkanes) is 2. The van der Waals surface area contributed by atoms with Crippen LogP contribution < -0.4 is 0 Å². The lowest BCUT2D eigenvalue weighted by atomic mass is 10.2. The first-order valence-corrected chi connectivity index (χ1v) is 17.3. The number of rotatable bonds is 12. The Hall–Kier alpha value is -4.82. The molecule has 0 spiro atoms. The second-order valence-electron chi connectivity index (χ2n) is 11.7. The fraction of sp³-hybridized carbons (Fsp3) is 0.526. The zero-order chi connectivity index (χ0) is 38.7. The smallest absolute Gasteiger partial charge is 0.347 e. The van der Waals surface area contributed by atoms with E-state index in [1.807, 2.05) is 60.7 Å². The number of ether oxygens (including phenoxy) is 6. The molecular weight excluding hydrogens is 680 g/mol. The minimum atomic E-state index is -1.29. The summed E-state index contributed by atoms with van der Waals surface area (Å²) in [6, 6.07) is 19.0. The van der Waals surface area contributed by atoms with Crippen molar-refractivity contribution in [2.24, 2.45) is 0 Å². The average Bonchev–Trinajstić information content (AvgIpc) is 3.40. The molecule has 14 heteroatoms. The summed E-state index contributed by atoms with van der Waals surface area (Å²) in [6.07, 6.45) is 2.23. The molecular formula is C38H52O14. The Kier molecular flexibility index (Phi) is 23.4. The lowest BCUT2D eigenvalue weighted by molar-refractivity contribution is -0.191. The van der Waals surface area contributed by atoms with E-state index in [1.54, 1.807) is 0 Å². The summed E-state index contributed by atoms with van der Waals surface area (Å²) >= 11 is 0. The largest absolute Gasteiger partial charge is 0.466 e. The summed E-state index contributed by atoms with van der Waals surface area (Å²) < 4.78 is 28.8.